The number of hydrogen-bond donors (Lipinski definition) is 1. The number of benzene rings is 1. The maximum absolute atomic E-state index is 5.59. The van der Waals surface area contributed by atoms with Crippen LogP contribution in [0.4, 0.5) is 0 Å². The van der Waals surface area contributed by atoms with E-state index in [-0.39, 0.29) is 6.04 Å². The van der Waals surface area contributed by atoms with Gasteiger partial charge in [-0.3, -0.25) is 0 Å². The van der Waals surface area contributed by atoms with Gasteiger partial charge in [-0.25, -0.2) is 0 Å². The van der Waals surface area contributed by atoms with Crippen molar-refractivity contribution in [3.63, 3.8) is 0 Å². The van der Waals surface area contributed by atoms with Crippen molar-refractivity contribution in [2.24, 2.45) is 0 Å². The van der Waals surface area contributed by atoms with Crippen LogP contribution in [0.25, 0.3) is 0 Å². The van der Waals surface area contributed by atoms with Gasteiger partial charge in [0, 0.05) is 15.3 Å². The molecule has 3 heteroatoms. The molecule has 1 N–H and O–H groups in total. The first-order chi connectivity index (χ1) is 10.1. The summed E-state index contributed by atoms with van der Waals surface area (Å²) in [6.45, 7) is 9.70. The van der Waals surface area contributed by atoms with E-state index in [0.29, 0.717) is 0 Å². The third-order valence-electron chi connectivity index (χ3n) is 3.64. The number of ether oxygens (including phenoxy) is 1. The highest BCUT2D eigenvalue weighted by molar-refractivity contribution is 7.12. The number of methoxy groups -OCH3 is 1. The Hall–Kier alpha value is -1.32. The van der Waals surface area contributed by atoms with Gasteiger partial charge >= 0.3 is 0 Å². The van der Waals surface area contributed by atoms with Crippen molar-refractivity contribution in [3.8, 4) is 5.75 Å². The Balaban J connectivity index is 2.50. The van der Waals surface area contributed by atoms with Crippen LogP contribution < -0.4 is 10.1 Å². The van der Waals surface area contributed by atoms with Crippen LogP contribution in [0.5, 0.6) is 5.75 Å². The third-order valence-corrected chi connectivity index (χ3v) is 4.85. The fourth-order valence-corrected chi connectivity index (χ4v) is 3.79. The zero-order valence-electron chi connectivity index (χ0n) is 13.6. The van der Waals surface area contributed by atoms with Gasteiger partial charge in [-0.15, -0.1) is 11.3 Å². The van der Waals surface area contributed by atoms with Crippen LogP contribution in [0.1, 0.15) is 45.8 Å². The predicted octanol–water partition coefficient (Wildman–Crippen LogP) is 4.77. The molecule has 1 heterocycles. The van der Waals surface area contributed by atoms with Gasteiger partial charge in [0.15, 0.2) is 0 Å². The van der Waals surface area contributed by atoms with Crippen LogP contribution in [0.3, 0.4) is 0 Å². The summed E-state index contributed by atoms with van der Waals surface area (Å²) < 4.78 is 5.59. The molecule has 2 rings (SSSR count). The Morgan fingerprint density at radius 1 is 1.19 bits per heavy atom. The van der Waals surface area contributed by atoms with Gasteiger partial charge in [0.1, 0.15) is 5.75 Å². The summed E-state index contributed by atoms with van der Waals surface area (Å²) in [4.78, 5) is 2.75. The Labute approximate surface area is 132 Å². The van der Waals surface area contributed by atoms with Crippen LogP contribution in [0.2, 0.25) is 0 Å². The Morgan fingerprint density at radius 3 is 2.52 bits per heavy atom. The fraction of sp³-hybridized carbons (Fsp3) is 0.444. The fourth-order valence-electron chi connectivity index (χ4n) is 2.66. The highest BCUT2D eigenvalue weighted by Gasteiger charge is 2.21. The Bertz CT molecular complexity index is 603. The predicted molar refractivity (Wildman–Crippen MR) is 91.7 cm³/mol. The van der Waals surface area contributed by atoms with Crippen molar-refractivity contribution < 1.29 is 4.74 Å². The van der Waals surface area contributed by atoms with E-state index in [9.17, 15) is 0 Å². The van der Waals surface area contributed by atoms with E-state index in [4.69, 9.17) is 4.74 Å². The summed E-state index contributed by atoms with van der Waals surface area (Å²) in [5, 5.41) is 3.69. The minimum Gasteiger partial charge on any atom is -0.496 e. The van der Waals surface area contributed by atoms with Gasteiger partial charge in [0.25, 0.3) is 0 Å². The number of rotatable bonds is 6. The second-order valence-corrected chi connectivity index (χ2v) is 6.82. The SMILES string of the molecule is CCCNC(c1cc(C)ccc1OC)c1sc(C)cc1C. The lowest BCUT2D eigenvalue weighted by atomic mass is 9.99. The van der Waals surface area contributed by atoms with Crippen LogP contribution >= 0.6 is 11.3 Å². The van der Waals surface area contributed by atoms with Crippen LogP contribution in [-0.2, 0) is 0 Å². The summed E-state index contributed by atoms with van der Waals surface area (Å²) in [5.74, 6) is 0.958. The second kappa shape index (κ2) is 7.10. The molecule has 0 amide bonds. The zero-order chi connectivity index (χ0) is 15.4. The lowest BCUT2D eigenvalue weighted by molar-refractivity contribution is 0.404. The third kappa shape index (κ3) is 3.66. The van der Waals surface area contributed by atoms with E-state index in [1.54, 1.807) is 7.11 Å². The smallest absolute Gasteiger partial charge is 0.124 e. The molecule has 114 valence electrons. The van der Waals surface area contributed by atoms with Crippen molar-refractivity contribution in [2.75, 3.05) is 13.7 Å². The van der Waals surface area contributed by atoms with Gasteiger partial charge in [-0.05, 0) is 51.4 Å². The number of nitrogens with one attached hydrogen (secondary N) is 1. The van der Waals surface area contributed by atoms with E-state index in [0.717, 1.165) is 18.7 Å². The number of aryl methyl sites for hydroxylation is 3. The Kier molecular flexibility index (Phi) is 5.43. The van der Waals surface area contributed by atoms with Crippen LogP contribution in [0.15, 0.2) is 24.3 Å². The standard InChI is InChI=1S/C18H25NOS/c1-6-9-19-17(18-13(3)11-14(4)21-18)15-10-12(2)7-8-16(15)20-5/h7-8,10-11,17,19H,6,9H2,1-5H3. The number of thiophene rings is 1. The first-order valence-corrected chi connectivity index (χ1v) is 8.33. The molecular weight excluding hydrogens is 278 g/mol. The average Bonchev–Trinajstić information content (AvgIpc) is 2.78. The van der Waals surface area contributed by atoms with Gasteiger partial charge in [-0.2, -0.15) is 0 Å². The van der Waals surface area contributed by atoms with Crippen LogP contribution in [-0.4, -0.2) is 13.7 Å². The molecule has 2 aromatic rings. The van der Waals surface area contributed by atoms with Gasteiger partial charge in [-0.1, -0.05) is 24.6 Å². The maximum Gasteiger partial charge on any atom is 0.124 e. The quantitative estimate of drug-likeness (QED) is 0.830. The molecule has 1 atom stereocenters. The van der Waals surface area contributed by atoms with E-state index in [1.165, 1.54) is 26.4 Å². The molecule has 0 spiro atoms. The summed E-state index contributed by atoms with van der Waals surface area (Å²) in [6.07, 6.45) is 1.12. The molecule has 0 aliphatic carbocycles. The normalized spacial score (nSPS) is 12.4. The molecule has 1 aromatic heterocycles. The summed E-state index contributed by atoms with van der Waals surface area (Å²) >= 11 is 1.87. The molecule has 0 radical (unpaired) electrons. The molecule has 1 aromatic carbocycles. The average molecular weight is 303 g/mol. The molecule has 0 bridgehead atoms. The summed E-state index contributed by atoms with van der Waals surface area (Å²) in [5.41, 5.74) is 3.85. The molecule has 1 unspecified atom stereocenters. The molecule has 0 aliphatic heterocycles. The Morgan fingerprint density at radius 2 is 1.95 bits per heavy atom. The molecule has 0 saturated carbocycles. The maximum atomic E-state index is 5.59. The molecule has 21 heavy (non-hydrogen) atoms. The van der Waals surface area contributed by atoms with Crippen molar-refractivity contribution in [1.82, 2.24) is 5.32 Å². The van der Waals surface area contributed by atoms with Gasteiger partial charge < -0.3 is 10.1 Å². The highest BCUT2D eigenvalue weighted by Crippen LogP contribution is 2.36. The largest absolute Gasteiger partial charge is 0.496 e. The lowest BCUT2D eigenvalue weighted by Gasteiger charge is -2.22. The topological polar surface area (TPSA) is 21.3 Å². The minimum absolute atomic E-state index is 0.207. The molecule has 0 fully saturated rings. The molecule has 0 saturated heterocycles. The summed E-state index contributed by atoms with van der Waals surface area (Å²) in [7, 11) is 1.75. The monoisotopic (exact) mass is 303 g/mol. The van der Waals surface area contributed by atoms with Crippen molar-refractivity contribution in [3.05, 3.63) is 50.7 Å². The molecular formula is C18H25NOS. The summed E-state index contributed by atoms with van der Waals surface area (Å²) in [6, 6.07) is 8.88. The van der Waals surface area contributed by atoms with E-state index in [2.05, 4.69) is 57.3 Å². The van der Waals surface area contributed by atoms with E-state index < -0.39 is 0 Å². The van der Waals surface area contributed by atoms with Crippen molar-refractivity contribution >= 4 is 11.3 Å². The minimum atomic E-state index is 0.207. The van der Waals surface area contributed by atoms with E-state index >= 15 is 0 Å². The van der Waals surface area contributed by atoms with E-state index in [1.807, 2.05) is 11.3 Å². The van der Waals surface area contributed by atoms with Crippen molar-refractivity contribution in [1.29, 1.82) is 0 Å². The first kappa shape index (κ1) is 16.1. The van der Waals surface area contributed by atoms with Gasteiger partial charge in [0.05, 0.1) is 13.2 Å². The highest BCUT2D eigenvalue weighted by atomic mass is 32.1. The lowest BCUT2D eigenvalue weighted by Crippen LogP contribution is -2.23. The second-order valence-electron chi connectivity index (χ2n) is 5.54. The van der Waals surface area contributed by atoms with Gasteiger partial charge in [0.2, 0.25) is 0 Å². The molecule has 0 aliphatic rings. The zero-order valence-corrected chi connectivity index (χ0v) is 14.4. The number of hydrogen-bond acceptors (Lipinski definition) is 3. The first-order valence-electron chi connectivity index (χ1n) is 7.51. The van der Waals surface area contributed by atoms with Crippen molar-refractivity contribution in [2.45, 2.75) is 40.2 Å². The molecule has 2 nitrogen and oxygen atoms in total. The van der Waals surface area contributed by atoms with Crippen LogP contribution in [0, 0.1) is 20.8 Å².